The lowest BCUT2D eigenvalue weighted by Gasteiger charge is -2.35. The van der Waals surface area contributed by atoms with E-state index in [2.05, 4.69) is 22.4 Å². The Labute approximate surface area is 158 Å². The van der Waals surface area contributed by atoms with Gasteiger partial charge in [-0.1, -0.05) is 30.3 Å². The Hall–Kier alpha value is -2.05. The molecule has 1 heterocycles. The van der Waals surface area contributed by atoms with Crippen molar-refractivity contribution >= 4 is 34.2 Å². The van der Waals surface area contributed by atoms with Gasteiger partial charge in [0.2, 0.25) is 0 Å². The summed E-state index contributed by atoms with van der Waals surface area (Å²) in [4.78, 5) is 17.2. The van der Waals surface area contributed by atoms with Crippen LogP contribution >= 0.6 is 11.8 Å². The molecule has 26 heavy (non-hydrogen) atoms. The highest BCUT2D eigenvalue weighted by molar-refractivity contribution is 7.99. The lowest BCUT2D eigenvalue weighted by molar-refractivity contribution is -0.144. The smallest absolute Gasteiger partial charge is 0.316 e. The van der Waals surface area contributed by atoms with Gasteiger partial charge in [-0.15, -0.1) is 11.8 Å². The monoisotopic (exact) mass is 372 g/mol. The second kappa shape index (κ2) is 8.10. The highest BCUT2D eigenvalue weighted by Crippen LogP contribution is 2.40. The first-order valence-corrected chi connectivity index (χ1v) is 9.94. The fraction of sp³-hybridized carbons (Fsp3) is 0.400. The Morgan fingerprint density at radius 3 is 2.73 bits per heavy atom. The van der Waals surface area contributed by atoms with Gasteiger partial charge in [0, 0.05) is 11.3 Å². The molecule has 0 unspecified atom stereocenters. The molecule has 3 rings (SSSR count). The zero-order chi connectivity index (χ0) is 18.7. The van der Waals surface area contributed by atoms with E-state index in [-0.39, 0.29) is 17.5 Å². The van der Waals surface area contributed by atoms with Crippen LogP contribution in [0.5, 0.6) is 5.75 Å². The van der Waals surface area contributed by atoms with Gasteiger partial charge < -0.3 is 9.47 Å². The summed E-state index contributed by atoms with van der Waals surface area (Å²) in [5, 5.41) is 5.68. The zero-order valence-corrected chi connectivity index (χ0v) is 16.3. The molecule has 0 radical (unpaired) electrons. The highest BCUT2D eigenvalue weighted by Gasteiger charge is 2.39. The minimum absolute atomic E-state index is 0.116. The number of aliphatic imine (C=N–C) groups is 1. The third kappa shape index (κ3) is 3.44. The average molecular weight is 372 g/mol. The summed E-state index contributed by atoms with van der Waals surface area (Å²) in [6.45, 7) is 4.41. The van der Waals surface area contributed by atoms with Crippen LogP contribution in [0.25, 0.3) is 10.8 Å². The minimum Gasteiger partial charge on any atom is -0.494 e. The number of nitrogens with zero attached hydrogens (tertiary/aromatic N) is 1. The third-order valence-electron chi connectivity index (χ3n) is 4.65. The molecule has 0 saturated carbocycles. The number of carbonyl (C=O) groups excluding carboxylic acids is 1. The summed E-state index contributed by atoms with van der Waals surface area (Å²) in [5.74, 6) is -0.000691. The highest BCUT2D eigenvalue weighted by atomic mass is 32.2. The van der Waals surface area contributed by atoms with Gasteiger partial charge in [-0.05, 0) is 36.9 Å². The van der Waals surface area contributed by atoms with Crippen LogP contribution in [0.15, 0.2) is 41.4 Å². The van der Waals surface area contributed by atoms with Crippen LogP contribution in [-0.4, -0.2) is 37.2 Å². The summed E-state index contributed by atoms with van der Waals surface area (Å²) in [6, 6.07) is 11.9. The Morgan fingerprint density at radius 1 is 1.27 bits per heavy atom. The average Bonchev–Trinajstić information content (AvgIpc) is 2.66. The number of fused-ring (bicyclic) bond motifs is 1. The maximum Gasteiger partial charge on any atom is 0.316 e. The number of ether oxygens (including phenoxy) is 2. The first-order valence-electron chi connectivity index (χ1n) is 8.66. The molecule has 138 valence electrons. The van der Waals surface area contributed by atoms with Crippen molar-refractivity contribution in [2.75, 3.05) is 20.0 Å². The molecule has 5 nitrogen and oxygen atoms in total. The predicted octanol–water partition coefficient (Wildman–Crippen LogP) is 3.78. The molecule has 2 aromatic rings. The number of benzene rings is 2. The van der Waals surface area contributed by atoms with E-state index in [0.29, 0.717) is 6.61 Å². The summed E-state index contributed by atoms with van der Waals surface area (Å²) < 4.78 is 11.0. The van der Waals surface area contributed by atoms with Gasteiger partial charge in [-0.3, -0.25) is 15.1 Å². The van der Waals surface area contributed by atoms with Gasteiger partial charge in [0.05, 0.1) is 19.8 Å². The molecule has 0 amide bonds. The number of esters is 1. The van der Waals surface area contributed by atoms with Gasteiger partial charge in [-0.25, -0.2) is 0 Å². The molecule has 6 heteroatoms. The number of thioether (sulfide) groups is 1. The minimum atomic E-state index is -0.492. The Balaban J connectivity index is 2.22. The molecule has 2 aromatic carbocycles. The van der Waals surface area contributed by atoms with Crippen LogP contribution in [0, 0.1) is 5.92 Å². The third-order valence-corrected chi connectivity index (χ3v) is 5.33. The van der Waals surface area contributed by atoms with Crippen LogP contribution in [0.3, 0.4) is 0 Å². The summed E-state index contributed by atoms with van der Waals surface area (Å²) in [7, 11) is 1.42. The van der Waals surface area contributed by atoms with Crippen molar-refractivity contribution in [3.8, 4) is 5.75 Å². The maximum atomic E-state index is 12.6. The number of nitrogens with one attached hydrogen (secondary N) is 1. The molecule has 0 spiro atoms. The van der Waals surface area contributed by atoms with Crippen LogP contribution in [0.4, 0.5) is 0 Å². The second-order valence-corrected chi connectivity index (χ2v) is 7.05. The van der Waals surface area contributed by atoms with Crippen molar-refractivity contribution in [2.24, 2.45) is 10.9 Å². The lowest BCUT2D eigenvalue weighted by Crippen LogP contribution is -2.45. The van der Waals surface area contributed by atoms with Crippen molar-refractivity contribution < 1.29 is 14.3 Å². The molecule has 1 aliphatic rings. The molecule has 1 N–H and O–H groups in total. The molecule has 1 aliphatic heterocycles. The van der Waals surface area contributed by atoms with E-state index < -0.39 is 5.92 Å². The topological polar surface area (TPSA) is 59.9 Å². The van der Waals surface area contributed by atoms with Crippen molar-refractivity contribution in [3.05, 3.63) is 42.0 Å². The van der Waals surface area contributed by atoms with E-state index in [1.165, 1.54) is 7.11 Å². The van der Waals surface area contributed by atoms with E-state index >= 15 is 0 Å². The molecule has 0 saturated heterocycles. The van der Waals surface area contributed by atoms with E-state index in [1.54, 1.807) is 11.8 Å². The molecule has 0 fully saturated rings. The lowest BCUT2D eigenvalue weighted by atomic mass is 9.85. The first-order chi connectivity index (χ1) is 12.6. The largest absolute Gasteiger partial charge is 0.494 e. The van der Waals surface area contributed by atoms with Gasteiger partial charge in [0.25, 0.3) is 0 Å². The summed E-state index contributed by atoms with van der Waals surface area (Å²) in [5.41, 5.74) is 1.64. The van der Waals surface area contributed by atoms with Crippen LogP contribution < -0.4 is 10.1 Å². The Bertz CT molecular complexity index is 837. The van der Waals surface area contributed by atoms with E-state index in [1.807, 2.05) is 44.4 Å². The molecule has 0 aromatic heterocycles. The van der Waals surface area contributed by atoms with Crippen LogP contribution in [-0.2, 0) is 9.53 Å². The normalized spacial score (nSPS) is 22.8. The molecule has 0 aliphatic carbocycles. The van der Waals surface area contributed by atoms with E-state index in [9.17, 15) is 4.79 Å². The second-order valence-electron chi connectivity index (χ2n) is 6.14. The summed E-state index contributed by atoms with van der Waals surface area (Å²) in [6.07, 6.45) is 2.00. The van der Waals surface area contributed by atoms with Gasteiger partial charge in [-0.2, -0.15) is 0 Å². The quantitative estimate of drug-likeness (QED) is 0.810. The van der Waals surface area contributed by atoms with Gasteiger partial charge >= 0.3 is 5.97 Å². The Morgan fingerprint density at radius 2 is 2.04 bits per heavy atom. The van der Waals surface area contributed by atoms with Crippen LogP contribution in [0.1, 0.15) is 25.5 Å². The fourth-order valence-corrected chi connectivity index (χ4v) is 4.03. The SMILES string of the molecule is CCOc1ccc2ccccc2c1[C@@H]1N[C@H](SC)N=C(C)[C@H]1C(=O)OC. The zero-order valence-electron chi connectivity index (χ0n) is 15.5. The fourth-order valence-electron chi connectivity index (χ4n) is 3.48. The molecular formula is C20H24N2O3S. The van der Waals surface area contributed by atoms with Crippen molar-refractivity contribution in [1.82, 2.24) is 5.32 Å². The Kier molecular flexibility index (Phi) is 5.84. The summed E-state index contributed by atoms with van der Waals surface area (Å²) >= 11 is 1.60. The predicted molar refractivity (Wildman–Crippen MR) is 107 cm³/mol. The number of carbonyl (C=O) groups is 1. The number of hydrogen-bond donors (Lipinski definition) is 1. The van der Waals surface area contributed by atoms with Gasteiger partial charge in [0.15, 0.2) is 0 Å². The number of hydrogen-bond acceptors (Lipinski definition) is 6. The van der Waals surface area contributed by atoms with Gasteiger partial charge in [0.1, 0.15) is 17.2 Å². The van der Waals surface area contributed by atoms with Crippen LogP contribution in [0.2, 0.25) is 0 Å². The van der Waals surface area contributed by atoms with E-state index in [4.69, 9.17) is 9.47 Å². The molecule has 3 atom stereocenters. The molecule has 0 bridgehead atoms. The number of methoxy groups -OCH3 is 1. The van der Waals surface area contributed by atoms with Crippen molar-refractivity contribution in [3.63, 3.8) is 0 Å². The van der Waals surface area contributed by atoms with Crippen molar-refractivity contribution in [1.29, 1.82) is 0 Å². The maximum absolute atomic E-state index is 12.6. The van der Waals surface area contributed by atoms with E-state index in [0.717, 1.165) is 27.8 Å². The number of rotatable bonds is 5. The molecular weight excluding hydrogens is 348 g/mol. The van der Waals surface area contributed by atoms with Crippen molar-refractivity contribution in [2.45, 2.75) is 25.4 Å². The standard InChI is InChI=1S/C20H24N2O3S/c1-5-25-15-11-10-13-8-6-7-9-14(13)17(15)18-16(19(23)24-3)12(2)21-20(22-18)26-4/h6-11,16,18,20,22H,5H2,1-4H3/t16-,18-,20-/m1/s1. The first kappa shape index (κ1) is 18.7.